The summed E-state index contributed by atoms with van der Waals surface area (Å²) in [7, 11) is -7.24. The Morgan fingerprint density at radius 3 is 1.89 bits per heavy atom. The van der Waals surface area contributed by atoms with Gasteiger partial charge in [-0.3, -0.25) is 18.1 Å². The van der Waals surface area contributed by atoms with E-state index in [-0.39, 0.29) is 5.41 Å². The molecule has 1 aliphatic rings. The molecule has 0 atom stereocenters. The van der Waals surface area contributed by atoms with Gasteiger partial charge >= 0.3 is 15.4 Å². The standard InChI is InChI=1S/C18H38O7P2/c1-5-9-12-18(8-4)15-23-27(20,24-16-18)25-17-26(19,21-13-10-6-2)22-14-11-7-3/h5-17H2,1-4H3. The van der Waals surface area contributed by atoms with Crippen LogP contribution in [0, 0.1) is 5.41 Å². The second-order valence-corrected chi connectivity index (χ2v) is 10.9. The number of hydrogen-bond donors (Lipinski definition) is 0. The molecule has 0 aliphatic carbocycles. The van der Waals surface area contributed by atoms with Crippen LogP contribution in [0.3, 0.4) is 0 Å². The lowest BCUT2D eigenvalue weighted by Gasteiger charge is -2.38. The molecular formula is C18H38O7P2. The molecule has 1 heterocycles. The van der Waals surface area contributed by atoms with Crippen molar-refractivity contribution in [1.82, 2.24) is 0 Å². The van der Waals surface area contributed by atoms with Crippen molar-refractivity contribution in [3.05, 3.63) is 0 Å². The largest absolute Gasteiger partial charge is 0.475 e. The molecule has 1 aliphatic heterocycles. The fourth-order valence-electron chi connectivity index (χ4n) is 2.61. The maximum atomic E-state index is 12.9. The average molecular weight is 428 g/mol. The van der Waals surface area contributed by atoms with E-state index in [0.29, 0.717) is 26.4 Å². The first-order chi connectivity index (χ1) is 12.9. The van der Waals surface area contributed by atoms with Crippen molar-refractivity contribution in [3.63, 3.8) is 0 Å². The van der Waals surface area contributed by atoms with Crippen LogP contribution in [0.15, 0.2) is 0 Å². The van der Waals surface area contributed by atoms with Gasteiger partial charge < -0.3 is 9.05 Å². The fourth-order valence-corrected chi connectivity index (χ4v) is 5.87. The van der Waals surface area contributed by atoms with Gasteiger partial charge in [-0.25, -0.2) is 4.57 Å². The van der Waals surface area contributed by atoms with Gasteiger partial charge in [0.1, 0.15) is 0 Å². The van der Waals surface area contributed by atoms with E-state index in [1.807, 2.05) is 13.8 Å². The third kappa shape index (κ3) is 9.08. The molecule has 7 nitrogen and oxygen atoms in total. The van der Waals surface area contributed by atoms with Crippen LogP contribution >= 0.6 is 15.4 Å². The van der Waals surface area contributed by atoms with Crippen molar-refractivity contribution in [2.24, 2.45) is 5.41 Å². The van der Waals surface area contributed by atoms with Crippen LogP contribution in [0.1, 0.15) is 79.1 Å². The lowest BCUT2D eigenvalue weighted by molar-refractivity contribution is -0.0225. The van der Waals surface area contributed by atoms with Crippen LogP contribution in [0.4, 0.5) is 0 Å². The molecule has 27 heavy (non-hydrogen) atoms. The van der Waals surface area contributed by atoms with Gasteiger partial charge in [0, 0.05) is 5.41 Å². The number of phosphoric acid groups is 1. The third-order valence-corrected chi connectivity index (χ3v) is 7.95. The Morgan fingerprint density at radius 1 is 0.926 bits per heavy atom. The van der Waals surface area contributed by atoms with Crippen LogP contribution in [-0.4, -0.2) is 32.8 Å². The minimum Gasteiger partial charge on any atom is -0.307 e. The molecule has 0 radical (unpaired) electrons. The van der Waals surface area contributed by atoms with E-state index in [1.54, 1.807) is 0 Å². The average Bonchev–Trinajstić information content (AvgIpc) is 2.67. The van der Waals surface area contributed by atoms with Crippen molar-refractivity contribution in [1.29, 1.82) is 0 Å². The van der Waals surface area contributed by atoms with Gasteiger partial charge in [-0.2, -0.15) is 0 Å². The molecule has 0 aromatic rings. The Kier molecular flexibility index (Phi) is 11.9. The Morgan fingerprint density at radius 2 is 1.44 bits per heavy atom. The van der Waals surface area contributed by atoms with E-state index < -0.39 is 21.8 Å². The molecule has 1 saturated heterocycles. The van der Waals surface area contributed by atoms with Crippen molar-refractivity contribution in [3.8, 4) is 0 Å². The normalized spacial score (nSPS) is 26.4. The van der Waals surface area contributed by atoms with Crippen LogP contribution in [-0.2, 0) is 31.7 Å². The molecule has 0 N–H and O–H groups in total. The van der Waals surface area contributed by atoms with Gasteiger partial charge in [-0.05, 0) is 25.7 Å². The quantitative estimate of drug-likeness (QED) is 0.217. The summed E-state index contributed by atoms with van der Waals surface area (Å²) in [5.41, 5.74) is -0.133. The van der Waals surface area contributed by atoms with Crippen molar-refractivity contribution in [2.45, 2.75) is 79.1 Å². The summed E-state index contributed by atoms with van der Waals surface area (Å²) in [4.78, 5) is 0. The molecule has 0 unspecified atom stereocenters. The predicted molar refractivity (Wildman–Crippen MR) is 107 cm³/mol. The molecule has 162 valence electrons. The Hall–Kier alpha value is 0.260. The molecule has 0 amide bonds. The highest BCUT2D eigenvalue weighted by molar-refractivity contribution is 7.55. The van der Waals surface area contributed by atoms with Gasteiger partial charge in [0.25, 0.3) is 0 Å². The molecule has 0 aromatic carbocycles. The van der Waals surface area contributed by atoms with E-state index in [0.717, 1.165) is 51.4 Å². The second kappa shape index (κ2) is 12.7. The summed E-state index contributed by atoms with van der Waals surface area (Å²) in [6.45, 7) is 9.51. The molecule has 9 heteroatoms. The minimum atomic E-state index is -3.75. The monoisotopic (exact) mass is 428 g/mol. The third-order valence-electron chi connectivity index (χ3n) is 4.81. The number of phosphoric ester groups is 1. The van der Waals surface area contributed by atoms with Crippen molar-refractivity contribution in [2.75, 3.05) is 32.8 Å². The molecule has 0 saturated carbocycles. The summed E-state index contributed by atoms with van der Waals surface area (Å²) in [6.07, 6.45) is 6.93. The van der Waals surface area contributed by atoms with Gasteiger partial charge in [0.05, 0.1) is 26.4 Å². The smallest absolute Gasteiger partial charge is 0.307 e. The summed E-state index contributed by atoms with van der Waals surface area (Å²) < 4.78 is 52.8. The molecular weight excluding hydrogens is 390 g/mol. The Labute approximate surface area is 165 Å². The predicted octanol–water partition coefficient (Wildman–Crippen LogP) is 6.53. The highest BCUT2D eigenvalue weighted by Crippen LogP contribution is 2.60. The minimum absolute atomic E-state index is 0.133. The summed E-state index contributed by atoms with van der Waals surface area (Å²) in [6, 6.07) is 0. The highest BCUT2D eigenvalue weighted by Gasteiger charge is 2.43. The van der Waals surface area contributed by atoms with E-state index in [1.165, 1.54) is 0 Å². The van der Waals surface area contributed by atoms with Crippen molar-refractivity contribution < 1.29 is 31.7 Å². The molecule has 1 fully saturated rings. The molecule has 1 rings (SSSR count). The maximum Gasteiger partial charge on any atom is 0.475 e. The molecule has 0 spiro atoms. The Balaban J connectivity index is 2.60. The lowest BCUT2D eigenvalue weighted by atomic mass is 9.82. The summed E-state index contributed by atoms with van der Waals surface area (Å²) >= 11 is 0. The zero-order chi connectivity index (χ0) is 20.2. The summed E-state index contributed by atoms with van der Waals surface area (Å²) in [5, 5.41) is 0. The van der Waals surface area contributed by atoms with E-state index >= 15 is 0 Å². The molecule has 0 aromatic heterocycles. The van der Waals surface area contributed by atoms with Crippen LogP contribution in [0.2, 0.25) is 0 Å². The fraction of sp³-hybridized carbons (Fsp3) is 1.00. The first-order valence-corrected chi connectivity index (χ1v) is 13.5. The first-order valence-electron chi connectivity index (χ1n) is 10.3. The SMILES string of the molecule is CCCCOP(=O)(COP1(=O)OCC(CC)(CCCC)CO1)OCCCC. The maximum absolute atomic E-state index is 12.9. The van der Waals surface area contributed by atoms with Crippen LogP contribution < -0.4 is 0 Å². The lowest BCUT2D eigenvalue weighted by Crippen LogP contribution is -2.35. The Bertz CT molecular complexity index is 472. The number of unbranched alkanes of at least 4 members (excludes halogenated alkanes) is 3. The van der Waals surface area contributed by atoms with Gasteiger partial charge in [-0.1, -0.05) is 53.4 Å². The van der Waals surface area contributed by atoms with Crippen molar-refractivity contribution >= 4 is 15.4 Å². The topological polar surface area (TPSA) is 80.3 Å². The van der Waals surface area contributed by atoms with Gasteiger partial charge in [0.2, 0.25) is 0 Å². The molecule has 0 bridgehead atoms. The van der Waals surface area contributed by atoms with E-state index in [2.05, 4.69) is 13.8 Å². The van der Waals surface area contributed by atoms with Gasteiger partial charge in [-0.15, -0.1) is 0 Å². The van der Waals surface area contributed by atoms with E-state index in [9.17, 15) is 9.13 Å². The first kappa shape index (κ1) is 25.3. The number of rotatable bonds is 15. The number of hydrogen-bond acceptors (Lipinski definition) is 7. The van der Waals surface area contributed by atoms with Crippen LogP contribution in [0.25, 0.3) is 0 Å². The second-order valence-electron chi connectivity index (χ2n) is 7.19. The van der Waals surface area contributed by atoms with E-state index in [4.69, 9.17) is 22.6 Å². The highest BCUT2D eigenvalue weighted by atomic mass is 31.2. The van der Waals surface area contributed by atoms with Crippen LogP contribution in [0.5, 0.6) is 0 Å². The zero-order valence-corrected chi connectivity index (χ0v) is 19.2. The summed E-state index contributed by atoms with van der Waals surface area (Å²) in [5.74, 6) is 0. The zero-order valence-electron chi connectivity index (χ0n) is 17.4. The van der Waals surface area contributed by atoms with Gasteiger partial charge in [0.15, 0.2) is 6.35 Å².